The number of aromatic amines is 1. The molecule has 2 saturated carbocycles. The van der Waals surface area contributed by atoms with Crippen LogP contribution in [0.3, 0.4) is 0 Å². The van der Waals surface area contributed by atoms with E-state index < -0.39 is 0 Å². The van der Waals surface area contributed by atoms with E-state index in [2.05, 4.69) is 35.1 Å². The van der Waals surface area contributed by atoms with Crippen LogP contribution in [0.1, 0.15) is 84.9 Å². The Kier molecular flexibility index (Phi) is 3.75. The van der Waals surface area contributed by atoms with Crippen molar-refractivity contribution in [3.63, 3.8) is 0 Å². The molecule has 1 N–H and O–H groups in total. The number of hydrogen-bond donors (Lipinski definition) is 1. The molecule has 3 heteroatoms. The summed E-state index contributed by atoms with van der Waals surface area (Å²) in [5.41, 5.74) is 7.25. The average Bonchev–Trinajstić information content (AvgIpc) is 3.43. The minimum Gasteiger partial charge on any atom is -0.358 e. The van der Waals surface area contributed by atoms with Gasteiger partial charge in [0.1, 0.15) is 5.69 Å². The van der Waals surface area contributed by atoms with Crippen LogP contribution in [0.15, 0.2) is 36.4 Å². The molecule has 0 bridgehead atoms. The maximum Gasteiger partial charge on any atom is 0.178 e. The molecule has 0 amide bonds. The van der Waals surface area contributed by atoms with Gasteiger partial charge in [0, 0.05) is 41.1 Å². The van der Waals surface area contributed by atoms with E-state index in [0.717, 1.165) is 18.0 Å². The van der Waals surface area contributed by atoms with Crippen LogP contribution in [0.5, 0.6) is 0 Å². The fraction of sp³-hybridized carbons (Fsp3) is 0.417. The molecule has 3 nitrogen and oxygen atoms in total. The Hall–Kier alpha value is -2.42. The lowest BCUT2D eigenvalue weighted by atomic mass is 9.67. The Labute approximate surface area is 160 Å². The molecule has 2 heterocycles. The normalized spacial score (nSPS) is 18.4. The predicted octanol–water partition coefficient (Wildman–Crippen LogP) is 5.68. The molecule has 3 aromatic rings. The van der Waals surface area contributed by atoms with Crippen molar-refractivity contribution in [3.05, 3.63) is 64.6 Å². The third kappa shape index (κ3) is 2.90. The van der Waals surface area contributed by atoms with E-state index in [0.29, 0.717) is 5.69 Å². The van der Waals surface area contributed by atoms with Crippen LogP contribution < -0.4 is 0 Å². The smallest absolute Gasteiger partial charge is 0.178 e. The second-order valence-corrected chi connectivity index (χ2v) is 8.72. The maximum atomic E-state index is 11.7. The number of pyridine rings is 1. The fourth-order valence-electron chi connectivity index (χ4n) is 4.55. The van der Waals surface area contributed by atoms with Crippen LogP contribution in [0.2, 0.25) is 0 Å². The molecule has 2 aromatic heterocycles. The second kappa shape index (κ2) is 6.05. The minimum absolute atomic E-state index is 0.0241. The van der Waals surface area contributed by atoms with E-state index in [9.17, 15) is 4.79 Å². The molecular formula is C24H26N2O. The quantitative estimate of drug-likeness (QED) is 0.597. The topological polar surface area (TPSA) is 45.8 Å². The summed E-state index contributed by atoms with van der Waals surface area (Å²) in [5, 5.41) is 1.32. The third-order valence-corrected chi connectivity index (χ3v) is 6.56. The highest BCUT2D eigenvalue weighted by Crippen LogP contribution is 2.47. The monoisotopic (exact) mass is 358 g/mol. The summed E-state index contributed by atoms with van der Waals surface area (Å²) in [6, 6.07) is 12.8. The first-order valence-corrected chi connectivity index (χ1v) is 10.2. The van der Waals surface area contributed by atoms with Gasteiger partial charge in [0.25, 0.3) is 0 Å². The maximum absolute atomic E-state index is 11.7. The molecule has 0 saturated heterocycles. The Morgan fingerprint density at radius 1 is 1.22 bits per heavy atom. The standard InChI is InChI=1S/C24H26N2O/c1-15(27)21-6-3-5-18(25-21)14-20-19-10-9-17(16-7-8-16)13-22(19)26-23(20)24(2)11-4-12-24/h3,5-6,9-10,13,16,26H,4,7-8,11-12,14H2,1-2H3. The number of carbonyl (C=O) groups excluding carboxylic acids is 1. The number of carbonyl (C=O) groups is 1. The van der Waals surface area contributed by atoms with E-state index in [1.54, 1.807) is 13.0 Å². The number of hydrogen-bond acceptors (Lipinski definition) is 2. The van der Waals surface area contributed by atoms with Gasteiger partial charge in [-0.2, -0.15) is 0 Å². The first kappa shape index (κ1) is 16.7. The van der Waals surface area contributed by atoms with Crippen LogP contribution >= 0.6 is 0 Å². The van der Waals surface area contributed by atoms with Crippen molar-refractivity contribution in [1.82, 2.24) is 9.97 Å². The number of ketones is 1. The molecule has 1 aromatic carbocycles. The van der Waals surface area contributed by atoms with Crippen molar-refractivity contribution in [2.24, 2.45) is 0 Å². The Morgan fingerprint density at radius 3 is 2.70 bits per heavy atom. The molecule has 2 aliphatic carbocycles. The highest BCUT2D eigenvalue weighted by atomic mass is 16.1. The van der Waals surface area contributed by atoms with Gasteiger partial charge in [-0.15, -0.1) is 0 Å². The summed E-state index contributed by atoms with van der Waals surface area (Å²) >= 11 is 0. The summed E-state index contributed by atoms with van der Waals surface area (Å²) < 4.78 is 0. The molecule has 138 valence electrons. The molecule has 2 aliphatic rings. The minimum atomic E-state index is 0.0241. The van der Waals surface area contributed by atoms with E-state index in [1.165, 1.54) is 59.8 Å². The summed E-state index contributed by atoms with van der Waals surface area (Å²) in [4.78, 5) is 20.1. The number of nitrogens with zero attached hydrogens (tertiary/aromatic N) is 1. The molecule has 0 spiro atoms. The number of nitrogens with one attached hydrogen (secondary N) is 1. The van der Waals surface area contributed by atoms with Crippen molar-refractivity contribution in [3.8, 4) is 0 Å². The SMILES string of the molecule is CC(=O)c1cccc(Cc2c(C3(C)CCC3)[nH]c3cc(C4CC4)ccc23)n1. The van der Waals surface area contributed by atoms with Crippen LogP contribution in [0, 0.1) is 0 Å². The van der Waals surface area contributed by atoms with Crippen LogP contribution in [-0.2, 0) is 11.8 Å². The predicted molar refractivity (Wildman–Crippen MR) is 109 cm³/mol. The molecule has 0 aliphatic heterocycles. The van der Waals surface area contributed by atoms with Crippen molar-refractivity contribution in [2.75, 3.05) is 0 Å². The summed E-state index contributed by atoms with van der Waals surface area (Å²) in [7, 11) is 0. The third-order valence-electron chi connectivity index (χ3n) is 6.56. The molecule has 27 heavy (non-hydrogen) atoms. The van der Waals surface area contributed by atoms with Crippen molar-refractivity contribution >= 4 is 16.7 Å². The van der Waals surface area contributed by atoms with Crippen molar-refractivity contribution in [1.29, 1.82) is 0 Å². The molecule has 2 fully saturated rings. The van der Waals surface area contributed by atoms with Gasteiger partial charge in [0.05, 0.1) is 0 Å². The summed E-state index contributed by atoms with van der Waals surface area (Å²) in [5.74, 6) is 0.786. The molecule has 5 rings (SSSR count). The Morgan fingerprint density at radius 2 is 2.04 bits per heavy atom. The molecule has 0 unspecified atom stereocenters. The van der Waals surface area contributed by atoms with Gasteiger partial charge >= 0.3 is 0 Å². The number of aromatic nitrogens is 2. The number of benzene rings is 1. The van der Waals surface area contributed by atoms with Crippen molar-refractivity contribution < 1.29 is 4.79 Å². The lowest BCUT2D eigenvalue weighted by Gasteiger charge is -2.38. The second-order valence-electron chi connectivity index (χ2n) is 8.72. The highest BCUT2D eigenvalue weighted by molar-refractivity contribution is 5.92. The number of rotatable bonds is 5. The average molecular weight is 358 g/mol. The number of H-pyrrole nitrogens is 1. The van der Waals surface area contributed by atoms with Gasteiger partial charge in [0.2, 0.25) is 0 Å². The van der Waals surface area contributed by atoms with E-state index >= 15 is 0 Å². The molecule has 0 radical (unpaired) electrons. The number of fused-ring (bicyclic) bond motifs is 1. The van der Waals surface area contributed by atoms with Gasteiger partial charge < -0.3 is 4.98 Å². The zero-order chi connectivity index (χ0) is 18.6. The van der Waals surface area contributed by atoms with Gasteiger partial charge in [-0.1, -0.05) is 31.5 Å². The van der Waals surface area contributed by atoms with Gasteiger partial charge in [-0.05, 0) is 60.9 Å². The molecular weight excluding hydrogens is 332 g/mol. The molecule has 0 atom stereocenters. The Bertz CT molecular complexity index is 1040. The zero-order valence-electron chi connectivity index (χ0n) is 16.1. The van der Waals surface area contributed by atoms with Crippen molar-refractivity contribution in [2.45, 2.75) is 63.7 Å². The lowest BCUT2D eigenvalue weighted by molar-refractivity contribution is 0.101. The fourth-order valence-corrected chi connectivity index (χ4v) is 4.55. The van der Waals surface area contributed by atoms with Crippen LogP contribution in [0.4, 0.5) is 0 Å². The first-order valence-electron chi connectivity index (χ1n) is 10.2. The summed E-state index contributed by atoms with van der Waals surface area (Å²) in [6.45, 7) is 3.96. The van der Waals surface area contributed by atoms with Crippen LogP contribution in [-0.4, -0.2) is 15.8 Å². The first-order chi connectivity index (χ1) is 13.0. The largest absolute Gasteiger partial charge is 0.358 e. The number of Topliss-reactive ketones (excluding diaryl/α,β-unsaturated/α-hetero) is 1. The van der Waals surface area contributed by atoms with Gasteiger partial charge in [-0.3, -0.25) is 4.79 Å². The van der Waals surface area contributed by atoms with E-state index in [4.69, 9.17) is 0 Å². The zero-order valence-corrected chi connectivity index (χ0v) is 16.1. The summed E-state index contributed by atoms with van der Waals surface area (Å²) in [6.07, 6.45) is 7.20. The highest BCUT2D eigenvalue weighted by Gasteiger charge is 2.37. The van der Waals surface area contributed by atoms with E-state index in [-0.39, 0.29) is 11.2 Å². The Balaban J connectivity index is 1.61. The van der Waals surface area contributed by atoms with Gasteiger partial charge in [0.15, 0.2) is 5.78 Å². The van der Waals surface area contributed by atoms with Gasteiger partial charge in [-0.25, -0.2) is 4.98 Å². The van der Waals surface area contributed by atoms with E-state index in [1.807, 2.05) is 12.1 Å². The lowest BCUT2D eigenvalue weighted by Crippen LogP contribution is -2.31. The van der Waals surface area contributed by atoms with Crippen LogP contribution in [0.25, 0.3) is 10.9 Å².